The topological polar surface area (TPSA) is 72.3 Å². The van der Waals surface area contributed by atoms with Gasteiger partial charge in [0.15, 0.2) is 0 Å². The van der Waals surface area contributed by atoms with Crippen molar-refractivity contribution in [3.63, 3.8) is 0 Å². The Morgan fingerprint density at radius 1 is 1.22 bits per heavy atom. The van der Waals surface area contributed by atoms with Gasteiger partial charge < -0.3 is 10.1 Å². The molecule has 144 valence electrons. The van der Waals surface area contributed by atoms with Gasteiger partial charge in [0.05, 0.1) is 30.4 Å². The molecule has 4 rings (SSSR count). The molecule has 1 atom stereocenters. The van der Waals surface area contributed by atoms with Gasteiger partial charge in [-0.05, 0) is 37.0 Å². The van der Waals surface area contributed by atoms with Gasteiger partial charge in [0.2, 0.25) is 5.91 Å². The first-order valence-electron chi connectivity index (χ1n) is 9.77. The van der Waals surface area contributed by atoms with Crippen LogP contribution in [0, 0.1) is 5.92 Å². The number of amides is 1. The molecule has 27 heavy (non-hydrogen) atoms. The van der Waals surface area contributed by atoms with Crippen LogP contribution in [0.25, 0.3) is 0 Å². The highest BCUT2D eigenvalue weighted by molar-refractivity contribution is 5.76. The Balaban J connectivity index is 1.35. The third-order valence-corrected chi connectivity index (χ3v) is 5.42. The zero-order valence-electron chi connectivity index (χ0n) is 15.6. The van der Waals surface area contributed by atoms with Crippen molar-refractivity contribution >= 4 is 5.91 Å². The van der Waals surface area contributed by atoms with Crippen molar-refractivity contribution in [3.05, 3.63) is 48.0 Å². The van der Waals surface area contributed by atoms with Gasteiger partial charge in [0.25, 0.3) is 0 Å². The Bertz CT molecular complexity index is 742. The van der Waals surface area contributed by atoms with Crippen LogP contribution in [0.5, 0.6) is 0 Å². The van der Waals surface area contributed by atoms with Gasteiger partial charge in [-0.2, -0.15) is 5.10 Å². The van der Waals surface area contributed by atoms with E-state index in [9.17, 15) is 4.79 Å². The lowest BCUT2D eigenvalue weighted by molar-refractivity contribution is -0.122. The maximum atomic E-state index is 12.5. The quantitative estimate of drug-likeness (QED) is 0.840. The van der Waals surface area contributed by atoms with Crippen LogP contribution in [-0.4, -0.2) is 51.9 Å². The van der Waals surface area contributed by atoms with E-state index < -0.39 is 0 Å². The van der Waals surface area contributed by atoms with Gasteiger partial charge in [0, 0.05) is 45.2 Å². The minimum Gasteiger partial charge on any atom is -0.381 e. The van der Waals surface area contributed by atoms with Crippen molar-refractivity contribution in [1.82, 2.24) is 25.0 Å². The maximum absolute atomic E-state index is 12.5. The van der Waals surface area contributed by atoms with Crippen molar-refractivity contribution in [3.8, 4) is 0 Å². The van der Waals surface area contributed by atoms with Crippen molar-refractivity contribution in [2.75, 3.05) is 26.3 Å². The molecule has 1 fully saturated rings. The van der Waals surface area contributed by atoms with E-state index in [1.165, 1.54) is 5.69 Å². The molecular weight excluding hydrogens is 342 g/mol. The van der Waals surface area contributed by atoms with Crippen LogP contribution < -0.4 is 5.32 Å². The number of pyridine rings is 1. The number of ether oxygens (including phenoxy) is 1. The standard InChI is InChI=1S/C20H27N5O2/c26-20(22-12-17-3-1-2-7-21-17)11-19-15-24(13-16-5-9-27-10-6-16)14-18-4-8-23-25(18)19/h1-4,7-8,16,19H,5-6,9-15H2,(H,22,26). The Morgan fingerprint density at radius 2 is 2.11 bits per heavy atom. The van der Waals surface area contributed by atoms with E-state index in [4.69, 9.17) is 4.74 Å². The summed E-state index contributed by atoms with van der Waals surface area (Å²) in [5.74, 6) is 0.729. The van der Waals surface area contributed by atoms with Gasteiger partial charge in [-0.25, -0.2) is 0 Å². The summed E-state index contributed by atoms with van der Waals surface area (Å²) in [4.78, 5) is 19.2. The zero-order valence-corrected chi connectivity index (χ0v) is 15.6. The molecule has 2 aromatic heterocycles. The molecular formula is C20H27N5O2. The zero-order chi connectivity index (χ0) is 18.5. The van der Waals surface area contributed by atoms with E-state index in [-0.39, 0.29) is 11.9 Å². The third-order valence-electron chi connectivity index (χ3n) is 5.42. The summed E-state index contributed by atoms with van der Waals surface area (Å²) in [7, 11) is 0. The summed E-state index contributed by atoms with van der Waals surface area (Å²) in [5.41, 5.74) is 2.06. The second kappa shape index (κ2) is 8.63. The predicted molar refractivity (Wildman–Crippen MR) is 101 cm³/mol. The summed E-state index contributed by atoms with van der Waals surface area (Å²) >= 11 is 0. The number of aromatic nitrogens is 3. The average Bonchev–Trinajstić information content (AvgIpc) is 3.17. The molecule has 7 nitrogen and oxygen atoms in total. The molecule has 2 aliphatic heterocycles. The first-order valence-corrected chi connectivity index (χ1v) is 9.77. The van der Waals surface area contributed by atoms with Crippen molar-refractivity contribution in [1.29, 1.82) is 0 Å². The van der Waals surface area contributed by atoms with Gasteiger partial charge in [-0.1, -0.05) is 6.07 Å². The number of carbonyl (C=O) groups is 1. The second-order valence-electron chi connectivity index (χ2n) is 7.47. The minimum absolute atomic E-state index is 0.0417. The molecule has 1 saturated heterocycles. The second-order valence-corrected chi connectivity index (χ2v) is 7.47. The van der Waals surface area contributed by atoms with E-state index in [2.05, 4.69) is 26.4 Å². The minimum atomic E-state index is 0.0417. The van der Waals surface area contributed by atoms with E-state index in [1.54, 1.807) is 6.20 Å². The number of fused-ring (bicyclic) bond motifs is 1. The molecule has 0 radical (unpaired) electrons. The van der Waals surface area contributed by atoms with Gasteiger partial charge in [-0.15, -0.1) is 0 Å². The molecule has 0 bridgehead atoms. The lowest BCUT2D eigenvalue weighted by Gasteiger charge is -2.36. The van der Waals surface area contributed by atoms with Gasteiger partial charge >= 0.3 is 0 Å². The lowest BCUT2D eigenvalue weighted by Crippen LogP contribution is -2.42. The van der Waals surface area contributed by atoms with Crippen LogP contribution in [0.1, 0.15) is 36.7 Å². The van der Waals surface area contributed by atoms with Crippen molar-refractivity contribution < 1.29 is 9.53 Å². The molecule has 0 aromatic carbocycles. The summed E-state index contributed by atoms with van der Waals surface area (Å²) in [5, 5.41) is 7.46. The number of rotatable bonds is 6. The fourth-order valence-electron chi connectivity index (χ4n) is 4.03. The smallest absolute Gasteiger partial charge is 0.222 e. The maximum Gasteiger partial charge on any atom is 0.222 e. The van der Waals surface area contributed by atoms with Crippen LogP contribution in [0.2, 0.25) is 0 Å². The molecule has 1 amide bonds. The Morgan fingerprint density at radius 3 is 2.93 bits per heavy atom. The van der Waals surface area contributed by atoms with Crippen LogP contribution in [0.3, 0.4) is 0 Å². The number of carbonyl (C=O) groups excluding carboxylic acids is 1. The molecule has 1 unspecified atom stereocenters. The van der Waals surface area contributed by atoms with Crippen LogP contribution in [-0.2, 0) is 22.6 Å². The molecule has 0 aliphatic carbocycles. The SMILES string of the molecule is O=C(CC1CN(CC2CCOCC2)Cc2ccnn21)NCc1ccccn1. The Hall–Kier alpha value is -2.25. The monoisotopic (exact) mass is 369 g/mol. The fourth-order valence-corrected chi connectivity index (χ4v) is 4.03. The Labute approximate surface area is 159 Å². The third kappa shape index (κ3) is 4.73. The molecule has 1 N–H and O–H groups in total. The summed E-state index contributed by atoms with van der Waals surface area (Å²) in [6.45, 7) is 5.04. The summed E-state index contributed by atoms with van der Waals surface area (Å²) < 4.78 is 7.51. The lowest BCUT2D eigenvalue weighted by atomic mass is 9.98. The number of hydrogen-bond acceptors (Lipinski definition) is 5. The normalized spacial score (nSPS) is 21.0. The van der Waals surface area contributed by atoms with Crippen molar-refractivity contribution in [2.24, 2.45) is 5.92 Å². The van der Waals surface area contributed by atoms with Crippen molar-refractivity contribution in [2.45, 2.75) is 38.4 Å². The van der Waals surface area contributed by atoms with E-state index in [0.717, 1.165) is 51.4 Å². The van der Waals surface area contributed by atoms with Crippen LogP contribution in [0.4, 0.5) is 0 Å². The highest BCUT2D eigenvalue weighted by atomic mass is 16.5. The summed E-state index contributed by atoms with van der Waals surface area (Å²) in [6, 6.07) is 7.86. The highest BCUT2D eigenvalue weighted by Gasteiger charge is 2.29. The predicted octanol–water partition coefficient (Wildman–Crippen LogP) is 1.77. The summed E-state index contributed by atoms with van der Waals surface area (Å²) in [6.07, 6.45) is 6.28. The van der Waals surface area contributed by atoms with E-state index in [0.29, 0.717) is 18.9 Å². The van der Waals surface area contributed by atoms with Crippen LogP contribution >= 0.6 is 0 Å². The Kier molecular flexibility index (Phi) is 5.79. The van der Waals surface area contributed by atoms with E-state index >= 15 is 0 Å². The molecule has 4 heterocycles. The highest BCUT2D eigenvalue weighted by Crippen LogP contribution is 2.25. The fraction of sp³-hybridized carbons (Fsp3) is 0.550. The number of nitrogens with one attached hydrogen (secondary N) is 1. The number of nitrogens with zero attached hydrogens (tertiary/aromatic N) is 4. The molecule has 7 heteroatoms. The average molecular weight is 369 g/mol. The molecule has 2 aliphatic rings. The van der Waals surface area contributed by atoms with Gasteiger partial charge in [-0.3, -0.25) is 19.4 Å². The van der Waals surface area contributed by atoms with Crippen LogP contribution in [0.15, 0.2) is 36.7 Å². The first kappa shape index (κ1) is 18.1. The molecule has 0 saturated carbocycles. The van der Waals surface area contributed by atoms with E-state index in [1.807, 2.05) is 29.1 Å². The van der Waals surface area contributed by atoms with Gasteiger partial charge in [0.1, 0.15) is 0 Å². The first-order chi connectivity index (χ1) is 13.3. The molecule has 2 aromatic rings. The molecule has 0 spiro atoms. The number of hydrogen-bond donors (Lipinski definition) is 1. The largest absolute Gasteiger partial charge is 0.381 e.